The normalized spacial score (nSPS) is 35.4. The van der Waals surface area contributed by atoms with E-state index < -0.39 is 6.10 Å². The number of nitrogens with zero attached hydrogens (tertiary/aromatic N) is 1. The van der Waals surface area contributed by atoms with Gasteiger partial charge in [-0.3, -0.25) is 0 Å². The molecule has 0 amide bonds. The van der Waals surface area contributed by atoms with Gasteiger partial charge in [-0.1, -0.05) is 0 Å². The Morgan fingerprint density at radius 3 is 2.78 bits per heavy atom. The molecular weight excluding hydrogens is 234 g/mol. The third-order valence-corrected chi connectivity index (χ3v) is 3.53. The van der Waals surface area contributed by atoms with E-state index in [0.29, 0.717) is 26.4 Å². The Morgan fingerprint density at radius 2 is 2.06 bits per heavy atom. The first-order valence-corrected chi connectivity index (χ1v) is 6.32. The van der Waals surface area contributed by atoms with Gasteiger partial charge in [0, 0.05) is 0 Å². The molecule has 2 rings (SSSR count). The Labute approximate surface area is 108 Å². The standard InChI is InChI=1S/C13H22NO4/c1-4-5-14(2,3)6-7-16-11-9-18-12-10(15)8-17-13(11)12/h1,10-13,15H,5-9H2,2-3H3/q+1/t10-,11+,12+,13+/m0/s1. The van der Waals surface area contributed by atoms with Crippen molar-refractivity contribution in [2.75, 3.05) is 47.0 Å². The van der Waals surface area contributed by atoms with Crippen LogP contribution >= 0.6 is 0 Å². The minimum atomic E-state index is -0.516. The number of terminal acetylenes is 1. The molecule has 0 aromatic rings. The Kier molecular flexibility index (Phi) is 4.25. The molecule has 5 heteroatoms. The highest BCUT2D eigenvalue weighted by molar-refractivity contribution is 4.94. The third kappa shape index (κ3) is 3.02. The van der Waals surface area contributed by atoms with Crippen LogP contribution in [0.2, 0.25) is 0 Å². The van der Waals surface area contributed by atoms with Gasteiger partial charge in [0.05, 0.1) is 33.9 Å². The van der Waals surface area contributed by atoms with Gasteiger partial charge in [-0.25, -0.2) is 0 Å². The Morgan fingerprint density at radius 1 is 1.33 bits per heavy atom. The van der Waals surface area contributed by atoms with Crippen molar-refractivity contribution in [1.82, 2.24) is 0 Å². The number of aliphatic hydroxyl groups excluding tert-OH is 1. The minimum absolute atomic E-state index is 0.0713. The number of hydrogen-bond acceptors (Lipinski definition) is 4. The summed E-state index contributed by atoms with van der Waals surface area (Å²) in [5, 5.41) is 9.61. The van der Waals surface area contributed by atoms with Gasteiger partial charge < -0.3 is 23.8 Å². The van der Waals surface area contributed by atoms with E-state index in [2.05, 4.69) is 20.0 Å². The molecule has 5 nitrogen and oxygen atoms in total. The fourth-order valence-corrected chi connectivity index (χ4v) is 2.36. The highest BCUT2D eigenvalue weighted by Crippen LogP contribution is 2.28. The number of quaternary nitrogens is 1. The number of fused-ring (bicyclic) bond motifs is 1. The van der Waals surface area contributed by atoms with Crippen LogP contribution in [0.4, 0.5) is 0 Å². The maximum atomic E-state index is 9.61. The van der Waals surface area contributed by atoms with Crippen molar-refractivity contribution in [3.63, 3.8) is 0 Å². The third-order valence-electron chi connectivity index (χ3n) is 3.53. The molecule has 2 fully saturated rings. The molecule has 2 saturated heterocycles. The Balaban J connectivity index is 1.74. The first kappa shape index (κ1) is 13.8. The van der Waals surface area contributed by atoms with Gasteiger partial charge in [0.2, 0.25) is 0 Å². The summed E-state index contributed by atoms with van der Waals surface area (Å²) in [6.07, 6.45) is 4.39. The number of aliphatic hydroxyl groups is 1. The largest absolute Gasteiger partial charge is 0.388 e. The molecule has 2 aliphatic rings. The first-order chi connectivity index (χ1) is 8.53. The average Bonchev–Trinajstić information content (AvgIpc) is 2.83. The second kappa shape index (κ2) is 5.55. The summed E-state index contributed by atoms with van der Waals surface area (Å²) in [5.74, 6) is 2.66. The molecule has 4 atom stereocenters. The smallest absolute Gasteiger partial charge is 0.140 e. The summed E-state index contributed by atoms with van der Waals surface area (Å²) < 4.78 is 17.5. The molecule has 2 heterocycles. The lowest BCUT2D eigenvalue weighted by Crippen LogP contribution is -2.43. The topological polar surface area (TPSA) is 47.9 Å². The molecule has 0 unspecified atom stereocenters. The number of rotatable bonds is 5. The van der Waals surface area contributed by atoms with Gasteiger partial charge in [0.15, 0.2) is 0 Å². The van der Waals surface area contributed by atoms with Crippen LogP contribution in [-0.2, 0) is 14.2 Å². The van der Waals surface area contributed by atoms with Gasteiger partial charge in [0.25, 0.3) is 0 Å². The van der Waals surface area contributed by atoms with Crippen molar-refractivity contribution < 1.29 is 23.8 Å². The predicted molar refractivity (Wildman–Crippen MR) is 65.9 cm³/mol. The molecule has 0 bridgehead atoms. The molecule has 1 N–H and O–H groups in total. The molecule has 2 aliphatic heterocycles. The summed E-state index contributed by atoms with van der Waals surface area (Å²) in [5.41, 5.74) is 0. The zero-order chi connectivity index (χ0) is 13.2. The molecule has 0 aromatic carbocycles. The van der Waals surface area contributed by atoms with Crippen LogP contribution in [0.5, 0.6) is 0 Å². The molecule has 0 saturated carbocycles. The summed E-state index contributed by atoms with van der Waals surface area (Å²) in [4.78, 5) is 0. The summed E-state index contributed by atoms with van der Waals surface area (Å²) >= 11 is 0. The maximum absolute atomic E-state index is 9.61. The summed E-state index contributed by atoms with van der Waals surface area (Å²) in [7, 11) is 4.15. The van der Waals surface area contributed by atoms with Gasteiger partial charge >= 0.3 is 0 Å². The van der Waals surface area contributed by atoms with Gasteiger partial charge in [-0.2, -0.15) is 0 Å². The fraction of sp³-hybridized carbons (Fsp3) is 0.846. The number of hydrogen-bond donors (Lipinski definition) is 1. The van der Waals surface area contributed by atoms with Crippen LogP contribution in [0.1, 0.15) is 0 Å². The van der Waals surface area contributed by atoms with E-state index in [4.69, 9.17) is 20.6 Å². The van der Waals surface area contributed by atoms with E-state index in [1.54, 1.807) is 0 Å². The van der Waals surface area contributed by atoms with Crippen LogP contribution in [0.15, 0.2) is 0 Å². The van der Waals surface area contributed by atoms with Crippen LogP contribution in [-0.4, -0.2) is 81.0 Å². The van der Waals surface area contributed by atoms with Crippen molar-refractivity contribution in [3.8, 4) is 12.3 Å². The average molecular weight is 256 g/mol. The van der Waals surface area contributed by atoms with E-state index >= 15 is 0 Å². The highest BCUT2D eigenvalue weighted by atomic mass is 16.6. The van der Waals surface area contributed by atoms with Crippen molar-refractivity contribution >= 4 is 0 Å². The second-order valence-electron chi connectivity index (χ2n) is 5.59. The first-order valence-electron chi connectivity index (χ1n) is 6.32. The van der Waals surface area contributed by atoms with E-state index in [1.807, 2.05) is 0 Å². The Bertz CT molecular complexity index is 325. The second-order valence-corrected chi connectivity index (χ2v) is 5.59. The summed E-state index contributed by atoms with van der Waals surface area (Å²) in [6, 6.07) is 0. The molecule has 0 aromatic heterocycles. The van der Waals surface area contributed by atoms with Crippen molar-refractivity contribution in [2.24, 2.45) is 0 Å². The minimum Gasteiger partial charge on any atom is -0.388 e. The lowest BCUT2D eigenvalue weighted by atomic mass is 10.1. The molecule has 0 radical (unpaired) electrons. The van der Waals surface area contributed by atoms with E-state index in [9.17, 15) is 5.11 Å². The molecule has 0 spiro atoms. The van der Waals surface area contributed by atoms with E-state index in [1.165, 1.54) is 0 Å². The van der Waals surface area contributed by atoms with Gasteiger partial charge in [0.1, 0.15) is 37.5 Å². The lowest BCUT2D eigenvalue weighted by molar-refractivity contribution is -0.883. The van der Waals surface area contributed by atoms with Gasteiger partial charge in [-0.15, -0.1) is 6.42 Å². The van der Waals surface area contributed by atoms with Crippen molar-refractivity contribution in [3.05, 3.63) is 0 Å². The van der Waals surface area contributed by atoms with Crippen LogP contribution in [0.25, 0.3) is 0 Å². The van der Waals surface area contributed by atoms with E-state index in [0.717, 1.165) is 11.0 Å². The molecule has 0 aliphatic carbocycles. The summed E-state index contributed by atoms with van der Waals surface area (Å²) in [6.45, 7) is 2.99. The van der Waals surface area contributed by atoms with Crippen molar-refractivity contribution in [2.45, 2.75) is 24.4 Å². The quantitative estimate of drug-likeness (QED) is 0.519. The number of ether oxygens (including phenoxy) is 3. The predicted octanol–water partition coefficient (Wildman–Crippen LogP) is -0.760. The van der Waals surface area contributed by atoms with Crippen LogP contribution in [0, 0.1) is 12.3 Å². The molecule has 18 heavy (non-hydrogen) atoms. The van der Waals surface area contributed by atoms with E-state index in [-0.39, 0.29) is 18.3 Å². The number of likely N-dealkylation sites (N-methyl/N-ethyl adjacent to an activating group) is 1. The van der Waals surface area contributed by atoms with Crippen molar-refractivity contribution in [1.29, 1.82) is 0 Å². The maximum Gasteiger partial charge on any atom is 0.140 e. The monoisotopic (exact) mass is 256 g/mol. The molecule has 102 valence electrons. The van der Waals surface area contributed by atoms with Gasteiger partial charge in [-0.05, 0) is 5.92 Å². The zero-order valence-electron chi connectivity index (χ0n) is 11.0. The highest BCUT2D eigenvalue weighted by Gasteiger charge is 2.47. The zero-order valence-corrected chi connectivity index (χ0v) is 11.0. The Hall–Kier alpha value is -0.640. The molecular formula is C13H22NO4+. The SMILES string of the molecule is C#CC[N+](C)(C)CCO[C@@H]1CO[C@H]2[C@@H]1OC[C@@H]2O. The van der Waals surface area contributed by atoms with Crippen LogP contribution < -0.4 is 0 Å². The lowest BCUT2D eigenvalue weighted by Gasteiger charge is -2.28. The van der Waals surface area contributed by atoms with Crippen LogP contribution in [0.3, 0.4) is 0 Å². The fourth-order valence-electron chi connectivity index (χ4n) is 2.36.